The van der Waals surface area contributed by atoms with Crippen LogP contribution in [0, 0.1) is 39.8 Å². The summed E-state index contributed by atoms with van der Waals surface area (Å²) < 4.78 is 105. The lowest BCUT2D eigenvalue weighted by molar-refractivity contribution is -0.200. The van der Waals surface area contributed by atoms with Crippen molar-refractivity contribution in [3.63, 3.8) is 0 Å². The van der Waals surface area contributed by atoms with Gasteiger partial charge in [0, 0.05) is 19.4 Å². The van der Waals surface area contributed by atoms with Crippen molar-refractivity contribution in [2.24, 2.45) is 0 Å². The Bertz CT molecular complexity index is 3870. The first-order valence-electron chi connectivity index (χ1n) is 32.8. The number of unbranched alkanes of at least 4 members (excludes halogenated alkanes) is 13. The maximum atomic E-state index is 16.0. The predicted octanol–water partition coefficient (Wildman–Crippen LogP) is 14.1. The van der Waals surface area contributed by atoms with E-state index in [0.29, 0.717) is 45.7 Å². The molecule has 3 aromatic carbocycles. The summed E-state index contributed by atoms with van der Waals surface area (Å²) in [5, 5.41) is 40.8. The molecular formula is C69H81Cl2FN11O12P. The van der Waals surface area contributed by atoms with Gasteiger partial charge in [-0.25, -0.2) is 28.0 Å². The maximum absolute atomic E-state index is 16.0. The predicted molar refractivity (Wildman–Crippen MR) is 353 cm³/mol. The average Bonchev–Trinajstić information content (AvgIpc) is 1.57. The second-order valence-corrected chi connectivity index (χ2v) is 28.1. The van der Waals surface area contributed by atoms with Crippen molar-refractivity contribution in [1.82, 2.24) is 29.2 Å². The Labute approximate surface area is 567 Å². The van der Waals surface area contributed by atoms with Crippen LogP contribution in [0.1, 0.15) is 170 Å². The third-order valence-electron chi connectivity index (χ3n) is 17.8. The summed E-state index contributed by atoms with van der Waals surface area (Å²) >= 11 is 14.7. The number of fused-ring (bicyclic) bond motifs is 4. The number of ether oxygens (including phenoxy) is 8. The van der Waals surface area contributed by atoms with E-state index in [1.807, 2.05) is 6.07 Å². The Morgan fingerprint density at radius 3 is 1.58 bits per heavy atom. The number of phosphoric acid groups is 1. The highest BCUT2D eigenvalue weighted by molar-refractivity contribution is 7.49. The van der Waals surface area contributed by atoms with Crippen LogP contribution in [0.25, 0.3) is 11.0 Å². The lowest BCUT2D eigenvalue weighted by Gasteiger charge is -2.30. The SMILES string of the molecule is CCCCCCCCCCCCCCCCOC[C@@H](COP(=O)(Oc1cccc(C[C@]2(C#N)O[C@@H](c3ccc4c(N)ncnn34)C3OC(C)(C)OC32)c1Cl)Oc1cccc(C[C@]2(C#N)O[C@@H](c3ccc4c(N)ncnn34)C3OC(C)(C)OC32)c1Cl)OCc1cc(F)cc(C#N)c1. The molecule has 4 aliphatic heterocycles. The molecule has 4 N–H and O–H groups in total. The van der Waals surface area contributed by atoms with Gasteiger partial charge in [-0.05, 0) is 105 Å². The smallest absolute Gasteiger partial charge is 0.393 e. The molecule has 4 fully saturated rings. The van der Waals surface area contributed by atoms with Gasteiger partial charge in [-0.15, -0.1) is 0 Å². The Kier molecular flexibility index (Phi) is 22.2. The number of hydrogen-bond donors (Lipinski definition) is 2. The molecule has 7 aromatic rings. The van der Waals surface area contributed by atoms with Crippen LogP contribution >= 0.6 is 31.0 Å². The van der Waals surface area contributed by atoms with E-state index in [0.717, 1.165) is 31.7 Å². The van der Waals surface area contributed by atoms with E-state index in [9.17, 15) is 20.2 Å². The largest absolute Gasteiger partial charge is 0.587 e. The molecule has 11 rings (SSSR count). The third kappa shape index (κ3) is 15.7. The van der Waals surface area contributed by atoms with Crippen molar-refractivity contribution in [3.8, 4) is 29.7 Å². The minimum absolute atomic E-state index is 0.0753. The standard InChI is InChI=1S/C69H81Cl2FN11O12P/c1-6-7-8-9-10-11-12-13-14-15-16-17-18-19-30-85-38-49(86-37-45-31-44(36-73)32-48(72)33-45)39-87-96(84,94-54-24-20-22-46(56(54)70)34-68(40-74)62-60(88-66(2,3)92-62)58(90-68)50-26-28-52-64(76)78-42-80-82(50)52)95-55-25-21-23-47(57(55)71)35-69(41-75)63-61(89-67(4,5)93-63)59(91-69)51-27-29-53-65(77)79-43-81-83(51)53/h20-29,31-33,42-43,49,58-63H,6-19,30,34-35,37-39H2,1-5H3,(H2,76,78,80)(H2,77,79,81)/t49-,58-,59-,60?,61?,62?,63?,68+,69+,96?/m0/s1. The zero-order valence-electron chi connectivity index (χ0n) is 54.5. The molecule has 0 bridgehead atoms. The topological polar surface area (TPSA) is 302 Å². The number of rotatable bonds is 33. The highest BCUT2D eigenvalue weighted by atomic mass is 35.5. The van der Waals surface area contributed by atoms with Gasteiger partial charge < -0.3 is 58.4 Å². The lowest BCUT2D eigenvalue weighted by atomic mass is 9.88. The molecule has 0 spiro atoms. The summed E-state index contributed by atoms with van der Waals surface area (Å²) in [6, 6.07) is 27.0. The fraction of sp³-hybridized carbons (Fsp3) is 0.522. The van der Waals surface area contributed by atoms with Crippen LogP contribution < -0.4 is 20.5 Å². The van der Waals surface area contributed by atoms with E-state index < -0.39 is 85.8 Å². The fourth-order valence-corrected chi connectivity index (χ4v) is 15.0. The Balaban J connectivity index is 0.860. The van der Waals surface area contributed by atoms with E-state index in [1.54, 1.807) is 85.3 Å². The fourth-order valence-electron chi connectivity index (χ4n) is 13.2. The zero-order chi connectivity index (χ0) is 67.8. The molecule has 0 aliphatic carbocycles. The first-order valence-corrected chi connectivity index (χ1v) is 35.0. The summed E-state index contributed by atoms with van der Waals surface area (Å²) in [6.45, 7) is 8.80. The van der Waals surface area contributed by atoms with E-state index in [1.165, 1.54) is 101 Å². The van der Waals surface area contributed by atoms with Gasteiger partial charge in [0.05, 0.1) is 52.9 Å². The molecule has 8 heterocycles. The first kappa shape index (κ1) is 70.3. The van der Waals surface area contributed by atoms with Crippen LogP contribution in [0.4, 0.5) is 16.0 Å². The van der Waals surface area contributed by atoms with Crippen LogP contribution in [0.5, 0.6) is 11.5 Å². The molecule has 0 saturated carbocycles. The summed E-state index contributed by atoms with van der Waals surface area (Å²) in [7, 11) is -5.07. The van der Waals surface area contributed by atoms with Crippen LogP contribution in [0.2, 0.25) is 10.0 Å². The molecule has 4 aliphatic rings. The van der Waals surface area contributed by atoms with Crippen molar-refractivity contribution >= 4 is 53.7 Å². The number of nitrogen functional groups attached to an aromatic ring is 2. The van der Waals surface area contributed by atoms with Gasteiger partial charge in [0.15, 0.2) is 45.9 Å². The molecule has 4 unspecified atom stereocenters. The lowest BCUT2D eigenvalue weighted by Crippen LogP contribution is -2.44. The first-order chi connectivity index (χ1) is 46.2. The highest BCUT2D eigenvalue weighted by Gasteiger charge is 2.66. The molecule has 23 nitrogen and oxygen atoms in total. The van der Waals surface area contributed by atoms with E-state index in [2.05, 4.69) is 39.2 Å². The zero-order valence-corrected chi connectivity index (χ0v) is 56.9. The molecule has 27 heteroatoms. The quantitative estimate of drug-likeness (QED) is 0.0285. The number of nitrogens with zero attached hydrogens (tertiary/aromatic N) is 9. The summed E-state index contributed by atoms with van der Waals surface area (Å²) in [5.74, 6) is -2.85. The number of anilines is 2. The molecule has 9 atom stereocenters. The van der Waals surface area contributed by atoms with Crippen molar-refractivity contribution in [1.29, 1.82) is 15.8 Å². The Morgan fingerprint density at radius 1 is 0.635 bits per heavy atom. The van der Waals surface area contributed by atoms with Crippen molar-refractivity contribution < 1.29 is 60.4 Å². The minimum atomic E-state index is -5.07. The van der Waals surface area contributed by atoms with Gasteiger partial charge in [-0.3, -0.25) is 4.52 Å². The highest BCUT2D eigenvalue weighted by Crippen LogP contribution is 2.57. The Morgan fingerprint density at radius 2 is 1.11 bits per heavy atom. The van der Waals surface area contributed by atoms with Crippen molar-refractivity contribution in [3.05, 3.63) is 141 Å². The van der Waals surface area contributed by atoms with Gasteiger partial charge in [0.25, 0.3) is 0 Å². The summed E-state index contributed by atoms with van der Waals surface area (Å²) in [6.07, 6.45) is 12.6. The van der Waals surface area contributed by atoms with Crippen LogP contribution in [-0.2, 0) is 66.4 Å². The van der Waals surface area contributed by atoms with Gasteiger partial charge in [-0.1, -0.05) is 138 Å². The normalized spacial score (nSPS) is 24.1. The molecular weight excluding hydrogens is 1300 g/mol. The molecule has 510 valence electrons. The third-order valence-corrected chi connectivity index (χ3v) is 19.9. The van der Waals surface area contributed by atoms with Gasteiger partial charge in [0.2, 0.25) is 0 Å². The number of benzene rings is 3. The molecule has 0 amide bonds. The van der Waals surface area contributed by atoms with E-state index in [-0.39, 0.29) is 64.8 Å². The number of aromatic nitrogens is 6. The van der Waals surface area contributed by atoms with Gasteiger partial charge in [-0.2, -0.15) is 26.0 Å². The van der Waals surface area contributed by atoms with E-state index in [4.69, 9.17) is 86.1 Å². The molecule has 96 heavy (non-hydrogen) atoms. The second kappa shape index (κ2) is 30.4. The monoisotopic (exact) mass is 1380 g/mol. The van der Waals surface area contributed by atoms with Crippen LogP contribution in [0.3, 0.4) is 0 Å². The number of halogens is 3. The number of nitriles is 3. The van der Waals surface area contributed by atoms with Crippen LogP contribution in [0.15, 0.2) is 91.5 Å². The maximum Gasteiger partial charge on any atom is 0.587 e. The Hall–Kier alpha value is -7.05. The van der Waals surface area contributed by atoms with Crippen LogP contribution in [-0.4, -0.2) is 102 Å². The number of phosphoric ester groups is 1. The summed E-state index contributed by atoms with van der Waals surface area (Å²) in [5.41, 5.74) is 12.1. The molecule has 0 radical (unpaired) electrons. The van der Waals surface area contributed by atoms with Gasteiger partial charge in [0.1, 0.15) is 84.4 Å². The number of nitrogens with two attached hydrogens (primary N) is 2. The number of hydrogen-bond acceptors (Lipinski definition) is 21. The van der Waals surface area contributed by atoms with Crippen molar-refractivity contribution in [2.45, 2.75) is 209 Å². The molecule has 4 aromatic heterocycles. The van der Waals surface area contributed by atoms with E-state index >= 15 is 4.57 Å². The minimum Gasteiger partial charge on any atom is -0.393 e. The van der Waals surface area contributed by atoms with Crippen molar-refractivity contribution in [2.75, 3.05) is 31.3 Å². The summed E-state index contributed by atoms with van der Waals surface area (Å²) in [4.78, 5) is 8.24. The van der Waals surface area contributed by atoms with Gasteiger partial charge >= 0.3 is 7.82 Å². The average molecular weight is 1380 g/mol. The molecule has 4 saturated heterocycles. The second-order valence-electron chi connectivity index (χ2n) is 25.8.